The molecule has 1 aromatic heterocycles. The van der Waals surface area contributed by atoms with Crippen LogP contribution >= 0.6 is 0 Å². The van der Waals surface area contributed by atoms with Crippen molar-refractivity contribution in [1.82, 2.24) is 10.3 Å². The van der Waals surface area contributed by atoms with Crippen LogP contribution < -0.4 is 5.32 Å². The highest BCUT2D eigenvalue weighted by Gasteiger charge is 2.46. The highest BCUT2D eigenvalue weighted by Crippen LogP contribution is 2.55. The molecule has 2 aliphatic rings. The molecule has 14 heavy (non-hydrogen) atoms. The van der Waals surface area contributed by atoms with Gasteiger partial charge in [0.1, 0.15) is 6.26 Å². The van der Waals surface area contributed by atoms with E-state index < -0.39 is 0 Å². The summed E-state index contributed by atoms with van der Waals surface area (Å²) < 4.78 is 5.34. The van der Waals surface area contributed by atoms with Gasteiger partial charge < -0.3 is 9.73 Å². The van der Waals surface area contributed by atoms with Crippen molar-refractivity contribution in [3.63, 3.8) is 0 Å². The van der Waals surface area contributed by atoms with E-state index in [1.54, 1.807) is 12.5 Å². The molecule has 1 saturated carbocycles. The fourth-order valence-corrected chi connectivity index (χ4v) is 2.96. The summed E-state index contributed by atoms with van der Waals surface area (Å²) in [6.45, 7) is 2.39. The second-order valence-corrected chi connectivity index (χ2v) is 4.73. The van der Waals surface area contributed by atoms with Gasteiger partial charge in [-0.15, -0.1) is 0 Å². The first kappa shape index (κ1) is 8.48. The molecule has 0 aromatic carbocycles. The second kappa shape index (κ2) is 3.09. The van der Waals surface area contributed by atoms with E-state index in [4.69, 9.17) is 4.42 Å². The molecule has 0 unspecified atom stereocenters. The van der Waals surface area contributed by atoms with Crippen LogP contribution in [0.4, 0.5) is 0 Å². The lowest BCUT2D eigenvalue weighted by atomic mass is 9.58. The van der Waals surface area contributed by atoms with Gasteiger partial charge in [0.2, 0.25) is 0 Å². The molecule has 0 atom stereocenters. The maximum absolute atomic E-state index is 5.34. The maximum Gasteiger partial charge on any atom is 0.197 e. The molecule has 1 N–H and O–H groups in total. The SMILES string of the molecule is c1coc(C2CC3(CCNCC3)C2)n1. The van der Waals surface area contributed by atoms with Crippen LogP contribution in [0.5, 0.6) is 0 Å². The highest BCUT2D eigenvalue weighted by molar-refractivity contribution is 5.07. The smallest absolute Gasteiger partial charge is 0.197 e. The minimum Gasteiger partial charge on any atom is -0.449 e. The largest absolute Gasteiger partial charge is 0.449 e. The van der Waals surface area contributed by atoms with Gasteiger partial charge in [-0.2, -0.15) is 0 Å². The summed E-state index contributed by atoms with van der Waals surface area (Å²) in [5.74, 6) is 1.55. The van der Waals surface area contributed by atoms with Crippen molar-refractivity contribution >= 4 is 0 Å². The number of nitrogens with one attached hydrogen (secondary N) is 1. The van der Waals surface area contributed by atoms with Gasteiger partial charge in [-0.05, 0) is 44.2 Å². The molecule has 3 rings (SSSR count). The Hall–Kier alpha value is -0.830. The lowest BCUT2D eigenvalue weighted by Crippen LogP contribution is -2.44. The average Bonchev–Trinajstić information content (AvgIpc) is 2.68. The number of aromatic nitrogens is 1. The second-order valence-electron chi connectivity index (χ2n) is 4.73. The summed E-state index contributed by atoms with van der Waals surface area (Å²) in [4.78, 5) is 4.23. The Morgan fingerprint density at radius 3 is 2.79 bits per heavy atom. The Labute approximate surface area is 83.9 Å². The van der Waals surface area contributed by atoms with Crippen molar-refractivity contribution in [3.05, 3.63) is 18.4 Å². The van der Waals surface area contributed by atoms with Crippen LogP contribution in [0.15, 0.2) is 16.9 Å². The molecular weight excluding hydrogens is 176 g/mol. The Kier molecular flexibility index (Phi) is 1.87. The molecule has 1 aliphatic heterocycles. The number of hydrogen-bond acceptors (Lipinski definition) is 3. The van der Waals surface area contributed by atoms with Gasteiger partial charge in [0.25, 0.3) is 0 Å². The predicted octanol–water partition coefficient (Wildman–Crippen LogP) is 1.92. The maximum atomic E-state index is 5.34. The zero-order valence-corrected chi connectivity index (χ0v) is 8.33. The minimum absolute atomic E-state index is 0.600. The number of piperidine rings is 1. The molecule has 1 saturated heterocycles. The third-order valence-corrected chi connectivity index (χ3v) is 3.82. The molecule has 2 fully saturated rings. The zero-order valence-electron chi connectivity index (χ0n) is 8.33. The standard InChI is InChI=1S/C11H16N2O/c1-3-12-4-2-11(1)7-9(8-11)10-13-5-6-14-10/h5-6,9,12H,1-4,7-8H2. The Balaban J connectivity index is 1.65. The van der Waals surface area contributed by atoms with E-state index in [0.717, 1.165) is 5.89 Å². The van der Waals surface area contributed by atoms with Crippen molar-refractivity contribution in [1.29, 1.82) is 0 Å². The number of oxazole rings is 1. The van der Waals surface area contributed by atoms with Crippen LogP contribution in [0.2, 0.25) is 0 Å². The first-order valence-electron chi connectivity index (χ1n) is 5.48. The number of nitrogens with zero attached hydrogens (tertiary/aromatic N) is 1. The van der Waals surface area contributed by atoms with E-state index >= 15 is 0 Å². The molecule has 3 nitrogen and oxygen atoms in total. The molecular formula is C11H16N2O. The first-order valence-corrected chi connectivity index (χ1v) is 5.48. The van der Waals surface area contributed by atoms with Crippen molar-refractivity contribution in [2.75, 3.05) is 13.1 Å². The molecule has 0 radical (unpaired) electrons. The van der Waals surface area contributed by atoms with Crippen molar-refractivity contribution in [3.8, 4) is 0 Å². The topological polar surface area (TPSA) is 38.1 Å². The Morgan fingerprint density at radius 1 is 1.36 bits per heavy atom. The van der Waals surface area contributed by atoms with E-state index in [1.807, 2.05) is 0 Å². The molecule has 0 amide bonds. The lowest BCUT2D eigenvalue weighted by molar-refractivity contribution is 0.0488. The zero-order chi connectivity index (χ0) is 9.43. The van der Waals surface area contributed by atoms with Gasteiger partial charge in [-0.1, -0.05) is 0 Å². The quantitative estimate of drug-likeness (QED) is 0.738. The van der Waals surface area contributed by atoms with E-state index in [1.165, 1.54) is 38.8 Å². The number of rotatable bonds is 1. The normalized spacial score (nSPS) is 26.3. The van der Waals surface area contributed by atoms with E-state index in [-0.39, 0.29) is 0 Å². The molecule has 0 bridgehead atoms. The molecule has 1 spiro atoms. The third kappa shape index (κ3) is 1.27. The molecule has 3 heteroatoms. The summed E-state index contributed by atoms with van der Waals surface area (Å²) in [6.07, 6.45) is 8.68. The fourth-order valence-electron chi connectivity index (χ4n) is 2.96. The summed E-state index contributed by atoms with van der Waals surface area (Å²) in [6, 6.07) is 0. The molecule has 1 aromatic rings. The highest BCUT2D eigenvalue weighted by atomic mass is 16.3. The van der Waals surface area contributed by atoms with Gasteiger partial charge in [-0.25, -0.2) is 4.98 Å². The van der Waals surface area contributed by atoms with Gasteiger partial charge in [0, 0.05) is 5.92 Å². The van der Waals surface area contributed by atoms with Crippen LogP contribution in [-0.4, -0.2) is 18.1 Å². The van der Waals surface area contributed by atoms with Crippen LogP contribution in [0.1, 0.15) is 37.5 Å². The van der Waals surface area contributed by atoms with E-state index in [0.29, 0.717) is 11.3 Å². The summed E-state index contributed by atoms with van der Waals surface area (Å²) in [5.41, 5.74) is 0.629. The number of hydrogen-bond donors (Lipinski definition) is 1. The Bertz CT molecular complexity index is 293. The summed E-state index contributed by atoms with van der Waals surface area (Å²) >= 11 is 0. The lowest BCUT2D eigenvalue weighted by Gasteiger charge is -2.49. The van der Waals surface area contributed by atoms with Gasteiger partial charge in [-0.3, -0.25) is 0 Å². The van der Waals surface area contributed by atoms with E-state index in [9.17, 15) is 0 Å². The Morgan fingerprint density at radius 2 is 2.14 bits per heavy atom. The average molecular weight is 192 g/mol. The monoisotopic (exact) mass is 192 g/mol. The summed E-state index contributed by atoms with van der Waals surface area (Å²) in [7, 11) is 0. The van der Waals surface area contributed by atoms with Crippen LogP contribution in [-0.2, 0) is 0 Å². The van der Waals surface area contributed by atoms with Crippen molar-refractivity contribution < 1.29 is 4.42 Å². The molecule has 2 heterocycles. The van der Waals surface area contributed by atoms with Crippen molar-refractivity contribution in [2.45, 2.75) is 31.6 Å². The van der Waals surface area contributed by atoms with Gasteiger partial charge >= 0.3 is 0 Å². The molecule has 76 valence electrons. The predicted molar refractivity (Wildman–Crippen MR) is 53.0 cm³/mol. The van der Waals surface area contributed by atoms with E-state index in [2.05, 4.69) is 10.3 Å². The van der Waals surface area contributed by atoms with Gasteiger partial charge in [0.15, 0.2) is 5.89 Å². The van der Waals surface area contributed by atoms with Crippen LogP contribution in [0.3, 0.4) is 0 Å². The van der Waals surface area contributed by atoms with Crippen molar-refractivity contribution in [2.24, 2.45) is 5.41 Å². The first-order chi connectivity index (χ1) is 6.88. The van der Waals surface area contributed by atoms with Crippen LogP contribution in [0, 0.1) is 5.41 Å². The summed E-state index contributed by atoms with van der Waals surface area (Å²) in [5, 5.41) is 3.42. The minimum atomic E-state index is 0.600. The third-order valence-electron chi connectivity index (χ3n) is 3.82. The molecule has 1 aliphatic carbocycles. The van der Waals surface area contributed by atoms with Crippen LogP contribution in [0.25, 0.3) is 0 Å². The fraction of sp³-hybridized carbons (Fsp3) is 0.727. The van der Waals surface area contributed by atoms with Gasteiger partial charge in [0.05, 0.1) is 6.20 Å².